The van der Waals surface area contributed by atoms with E-state index in [1.807, 2.05) is 22.8 Å². The number of nitrogens with zero attached hydrogens (tertiary/aromatic N) is 4. The Morgan fingerprint density at radius 2 is 2.09 bits per heavy atom. The molecule has 3 fully saturated rings. The Morgan fingerprint density at radius 3 is 2.68 bits per heavy atom. The van der Waals surface area contributed by atoms with E-state index in [4.69, 9.17) is 4.74 Å². The summed E-state index contributed by atoms with van der Waals surface area (Å²) in [5.74, 6) is 0.619. The van der Waals surface area contributed by atoms with Gasteiger partial charge in [-0.1, -0.05) is 6.92 Å². The number of anilines is 1. The largest absolute Gasteiger partial charge is 0.380 e. The fourth-order valence-corrected chi connectivity index (χ4v) is 6.05. The summed E-state index contributed by atoms with van der Waals surface area (Å²) in [7, 11) is 0. The number of nitrogens with one attached hydrogen (secondary N) is 1. The first kappa shape index (κ1) is 23.2. The molecule has 0 saturated carbocycles. The van der Waals surface area contributed by atoms with Crippen LogP contribution >= 0.6 is 11.3 Å². The van der Waals surface area contributed by atoms with Crippen LogP contribution in [0.3, 0.4) is 0 Å². The molecule has 0 unspecified atom stereocenters. The molecule has 2 amide bonds. The van der Waals surface area contributed by atoms with E-state index in [0.29, 0.717) is 29.8 Å². The number of likely N-dealkylation sites (tertiary alicyclic amines) is 2. The van der Waals surface area contributed by atoms with Gasteiger partial charge in [0.2, 0.25) is 0 Å². The van der Waals surface area contributed by atoms with Gasteiger partial charge in [-0.25, -0.2) is 9.97 Å². The molecule has 8 nitrogen and oxygen atoms in total. The predicted octanol–water partition coefficient (Wildman–Crippen LogP) is 3.82. The van der Waals surface area contributed by atoms with Gasteiger partial charge in [-0.05, 0) is 51.7 Å². The molecule has 0 aliphatic carbocycles. The molecule has 1 N–H and O–H groups in total. The van der Waals surface area contributed by atoms with Gasteiger partial charge in [0.25, 0.3) is 11.8 Å². The van der Waals surface area contributed by atoms with E-state index in [0.717, 1.165) is 60.8 Å². The average Bonchev–Trinajstić information content (AvgIpc) is 3.38. The Balaban J connectivity index is 1.47. The number of thiazole rings is 1. The van der Waals surface area contributed by atoms with Crippen molar-refractivity contribution >= 4 is 29.0 Å². The van der Waals surface area contributed by atoms with Gasteiger partial charge in [-0.15, -0.1) is 11.3 Å². The van der Waals surface area contributed by atoms with Crippen molar-refractivity contribution in [1.29, 1.82) is 0 Å². The average molecular weight is 484 g/mol. The fraction of sp³-hybridized carbons (Fsp3) is 0.600. The molecule has 5 heterocycles. The Kier molecular flexibility index (Phi) is 6.10. The van der Waals surface area contributed by atoms with Gasteiger partial charge in [-0.2, -0.15) is 0 Å². The molecule has 5 rings (SSSR count). The molecule has 182 valence electrons. The van der Waals surface area contributed by atoms with E-state index in [1.54, 1.807) is 6.20 Å². The van der Waals surface area contributed by atoms with Crippen molar-refractivity contribution in [2.45, 2.75) is 59.0 Å². The molecule has 3 aliphatic rings. The number of aromatic nitrogens is 2. The van der Waals surface area contributed by atoms with Gasteiger partial charge >= 0.3 is 0 Å². The number of carbonyl (C=O) groups excluding carboxylic acids is 2. The summed E-state index contributed by atoms with van der Waals surface area (Å²) in [4.78, 5) is 40.5. The fourth-order valence-electron chi connectivity index (χ4n) is 4.95. The van der Waals surface area contributed by atoms with Crippen LogP contribution in [0, 0.1) is 12.3 Å². The van der Waals surface area contributed by atoms with E-state index in [-0.39, 0.29) is 23.3 Å². The van der Waals surface area contributed by atoms with Crippen molar-refractivity contribution in [1.82, 2.24) is 19.8 Å². The topological polar surface area (TPSA) is 87.7 Å². The van der Waals surface area contributed by atoms with Gasteiger partial charge in [0.05, 0.1) is 23.5 Å². The maximum absolute atomic E-state index is 13.6. The minimum atomic E-state index is -0.0991. The highest BCUT2D eigenvalue weighted by atomic mass is 32.1. The lowest BCUT2D eigenvalue weighted by molar-refractivity contribution is -0.176. The van der Waals surface area contributed by atoms with Gasteiger partial charge < -0.3 is 19.9 Å². The second-order valence-corrected chi connectivity index (χ2v) is 11.2. The van der Waals surface area contributed by atoms with Crippen LogP contribution in [0.4, 0.5) is 5.82 Å². The van der Waals surface area contributed by atoms with Crippen LogP contribution in [-0.4, -0.2) is 76.5 Å². The molecule has 34 heavy (non-hydrogen) atoms. The molecule has 0 radical (unpaired) electrons. The van der Waals surface area contributed by atoms with Gasteiger partial charge in [0, 0.05) is 43.5 Å². The molecule has 0 bridgehead atoms. The van der Waals surface area contributed by atoms with Crippen molar-refractivity contribution in [2.75, 3.05) is 38.2 Å². The van der Waals surface area contributed by atoms with Crippen LogP contribution in [0.2, 0.25) is 0 Å². The Morgan fingerprint density at radius 1 is 1.32 bits per heavy atom. The van der Waals surface area contributed by atoms with Crippen molar-refractivity contribution in [2.24, 2.45) is 5.41 Å². The van der Waals surface area contributed by atoms with Crippen LogP contribution in [0.25, 0.3) is 10.4 Å². The highest BCUT2D eigenvalue weighted by Gasteiger charge is 2.51. The molecule has 2 aromatic rings. The van der Waals surface area contributed by atoms with Crippen LogP contribution < -0.4 is 5.32 Å². The first-order valence-electron chi connectivity index (χ1n) is 12.2. The third-order valence-electron chi connectivity index (χ3n) is 7.34. The number of aryl methyl sites for hydroxylation is 1. The van der Waals surface area contributed by atoms with E-state index in [9.17, 15) is 9.59 Å². The second kappa shape index (κ2) is 8.92. The normalized spacial score (nSPS) is 21.8. The van der Waals surface area contributed by atoms with Crippen LogP contribution in [0.5, 0.6) is 0 Å². The van der Waals surface area contributed by atoms with E-state index >= 15 is 0 Å². The first-order chi connectivity index (χ1) is 16.3. The third-order valence-corrected chi connectivity index (χ3v) is 8.42. The Hall–Kier alpha value is -2.52. The van der Waals surface area contributed by atoms with E-state index in [2.05, 4.69) is 36.1 Å². The summed E-state index contributed by atoms with van der Waals surface area (Å²) >= 11 is 1.31. The number of amides is 2. The van der Waals surface area contributed by atoms with Crippen molar-refractivity contribution < 1.29 is 14.3 Å². The monoisotopic (exact) mass is 483 g/mol. The zero-order valence-electron chi connectivity index (χ0n) is 20.4. The number of ether oxygens (including phenoxy) is 1. The molecule has 9 heteroatoms. The zero-order chi connectivity index (χ0) is 24.0. The lowest BCUT2D eigenvalue weighted by Gasteiger charge is -2.54. The molecular formula is C25H33N5O3S. The predicted molar refractivity (Wildman–Crippen MR) is 132 cm³/mol. The quantitative estimate of drug-likeness (QED) is 0.672. The lowest BCUT2D eigenvalue weighted by Crippen LogP contribution is -2.67. The molecule has 2 aromatic heterocycles. The molecule has 0 aromatic carbocycles. The van der Waals surface area contributed by atoms with Crippen molar-refractivity contribution in [3.05, 3.63) is 28.5 Å². The second-order valence-electron chi connectivity index (χ2n) is 10.2. The summed E-state index contributed by atoms with van der Waals surface area (Å²) in [6.07, 6.45) is 4.79. The Labute approximate surface area is 204 Å². The van der Waals surface area contributed by atoms with Crippen LogP contribution in [0.1, 0.15) is 65.9 Å². The lowest BCUT2D eigenvalue weighted by atomic mass is 9.78. The van der Waals surface area contributed by atoms with Crippen molar-refractivity contribution in [3.8, 4) is 10.4 Å². The zero-order valence-corrected chi connectivity index (χ0v) is 21.2. The smallest absolute Gasteiger partial charge is 0.282 e. The number of pyridine rings is 1. The van der Waals surface area contributed by atoms with Crippen LogP contribution in [-0.2, 0) is 4.74 Å². The van der Waals surface area contributed by atoms with Crippen molar-refractivity contribution in [3.63, 3.8) is 0 Å². The molecule has 3 aliphatic heterocycles. The highest BCUT2D eigenvalue weighted by Crippen LogP contribution is 2.40. The molecule has 2 atom stereocenters. The minimum Gasteiger partial charge on any atom is -0.380 e. The summed E-state index contributed by atoms with van der Waals surface area (Å²) in [6.45, 7) is 11.9. The number of rotatable bonds is 6. The maximum Gasteiger partial charge on any atom is 0.282 e. The summed E-state index contributed by atoms with van der Waals surface area (Å²) in [5, 5.41) is 3.78. The van der Waals surface area contributed by atoms with Gasteiger partial charge in [0.1, 0.15) is 11.5 Å². The summed E-state index contributed by atoms with van der Waals surface area (Å²) < 4.78 is 5.33. The SMILES string of the molecule is CC[C@@H](C)Nc1cc(C)c(-c2sc(C(=O)N3CC4(COC4)C3)nc2C(=O)N2CCC[C@@H]2C)cn1. The Bertz CT molecular complexity index is 1100. The van der Waals surface area contributed by atoms with Gasteiger partial charge in [0.15, 0.2) is 5.01 Å². The molecule has 1 spiro atoms. The van der Waals surface area contributed by atoms with E-state index in [1.165, 1.54) is 11.3 Å². The standard InChI is InChI=1S/C25H33N5O3S/c1-5-16(3)27-19-9-15(2)18(10-26-19)21-20(23(31)30-8-6-7-17(30)4)28-22(34-21)24(32)29-11-25(12-29)13-33-14-25/h9-10,16-17H,5-8,11-14H2,1-4H3,(H,26,27)/t16-,17+/m1/s1. The number of carbonyl (C=O) groups is 2. The highest BCUT2D eigenvalue weighted by molar-refractivity contribution is 7.17. The molecule has 3 saturated heterocycles. The minimum absolute atomic E-state index is 0.0935. The van der Waals surface area contributed by atoms with E-state index < -0.39 is 0 Å². The number of hydrogen-bond donors (Lipinski definition) is 1. The van der Waals surface area contributed by atoms with Gasteiger partial charge in [-0.3, -0.25) is 9.59 Å². The third kappa shape index (κ3) is 4.09. The molecular weight excluding hydrogens is 450 g/mol. The number of hydrogen-bond acceptors (Lipinski definition) is 7. The maximum atomic E-state index is 13.6. The summed E-state index contributed by atoms with van der Waals surface area (Å²) in [6, 6.07) is 2.50. The van der Waals surface area contributed by atoms with Crippen LogP contribution in [0.15, 0.2) is 12.3 Å². The summed E-state index contributed by atoms with van der Waals surface area (Å²) in [5.41, 5.74) is 2.37. The first-order valence-corrected chi connectivity index (χ1v) is 13.0.